The van der Waals surface area contributed by atoms with Crippen molar-refractivity contribution in [2.75, 3.05) is 27.7 Å². The van der Waals surface area contributed by atoms with Crippen LogP contribution in [0.5, 0.6) is 0 Å². The fourth-order valence-corrected chi connectivity index (χ4v) is 2.50. The molecule has 88 valence electrons. The molecule has 1 rings (SSSR count). The second-order valence-electron chi connectivity index (χ2n) is 4.79. The first-order valence-corrected chi connectivity index (χ1v) is 5.87. The normalized spacial score (nSPS) is 20.3. The van der Waals surface area contributed by atoms with Crippen LogP contribution in [-0.2, 0) is 9.53 Å². The monoisotopic (exact) mass is 213 g/mol. The van der Waals surface area contributed by atoms with Gasteiger partial charge in [-0.05, 0) is 32.9 Å². The lowest BCUT2D eigenvalue weighted by Crippen LogP contribution is -2.35. The van der Waals surface area contributed by atoms with Crippen LogP contribution in [0.4, 0.5) is 0 Å². The maximum atomic E-state index is 11.7. The number of methoxy groups -OCH3 is 1. The van der Waals surface area contributed by atoms with E-state index >= 15 is 0 Å². The molecular formula is C12H23NO2. The van der Waals surface area contributed by atoms with E-state index < -0.39 is 0 Å². The van der Waals surface area contributed by atoms with Crippen LogP contribution < -0.4 is 0 Å². The molecule has 3 nitrogen and oxygen atoms in total. The molecule has 1 aliphatic carbocycles. The summed E-state index contributed by atoms with van der Waals surface area (Å²) in [5, 5.41) is 0. The smallest absolute Gasteiger partial charge is 0.310 e. The Hall–Kier alpha value is -0.570. The molecular weight excluding hydrogens is 190 g/mol. The second kappa shape index (κ2) is 6.11. The van der Waals surface area contributed by atoms with E-state index in [1.54, 1.807) is 0 Å². The summed E-state index contributed by atoms with van der Waals surface area (Å²) in [6.45, 7) is 0.817. The van der Waals surface area contributed by atoms with Gasteiger partial charge in [-0.3, -0.25) is 4.79 Å². The Labute approximate surface area is 92.8 Å². The van der Waals surface area contributed by atoms with E-state index in [0.29, 0.717) is 5.92 Å². The minimum absolute atomic E-state index is 0.0319. The third-order valence-electron chi connectivity index (χ3n) is 3.28. The van der Waals surface area contributed by atoms with Crippen molar-refractivity contribution in [2.24, 2.45) is 11.8 Å². The fraction of sp³-hybridized carbons (Fsp3) is 0.917. The molecule has 0 radical (unpaired) electrons. The fourth-order valence-electron chi connectivity index (χ4n) is 2.50. The summed E-state index contributed by atoms with van der Waals surface area (Å²) in [6, 6.07) is 0. The van der Waals surface area contributed by atoms with E-state index in [9.17, 15) is 4.79 Å². The molecule has 15 heavy (non-hydrogen) atoms. The highest BCUT2D eigenvalue weighted by molar-refractivity contribution is 5.72. The number of carbonyl (C=O) groups excluding carboxylic acids is 1. The van der Waals surface area contributed by atoms with E-state index in [2.05, 4.69) is 4.90 Å². The first-order chi connectivity index (χ1) is 7.15. The highest BCUT2D eigenvalue weighted by atomic mass is 16.5. The van der Waals surface area contributed by atoms with Gasteiger partial charge in [-0.15, -0.1) is 0 Å². The lowest BCUT2D eigenvalue weighted by Gasteiger charge is -2.30. The zero-order chi connectivity index (χ0) is 11.3. The van der Waals surface area contributed by atoms with Crippen molar-refractivity contribution in [2.45, 2.75) is 32.1 Å². The van der Waals surface area contributed by atoms with Gasteiger partial charge < -0.3 is 9.64 Å². The summed E-state index contributed by atoms with van der Waals surface area (Å²) in [4.78, 5) is 13.8. The largest absolute Gasteiger partial charge is 0.469 e. The van der Waals surface area contributed by atoms with E-state index in [4.69, 9.17) is 4.74 Å². The summed E-state index contributed by atoms with van der Waals surface area (Å²) >= 11 is 0. The molecule has 0 aliphatic heterocycles. The number of hydrogen-bond donors (Lipinski definition) is 0. The van der Waals surface area contributed by atoms with E-state index in [1.807, 2.05) is 14.1 Å². The third-order valence-corrected chi connectivity index (χ3v) is 3.28. The van der Waals surface area contributed by atoms with Gasteiger partial charge in [-0.2, -0.15) is 0 Å². The quantitative estimate of drug-likeness (QED) is 0.668. The molecule has 0 heterocycles. The number of carbonyl (C=O) groups is 1. The second-order valence-corrected chi connectivity index (χ2v) is 4.79. The average Bonchev–Trinajstić information content (AvgIpc) is 2.26. The van der Waals surface area contributed by atoms with Crippen LogP contribution in [0.2, 0.25) is 0 Å². The van der Waals surface area contributed by atoms with E-state index in [0.717, 1.165) is 6.54 Å². The zero-order valence-electron chi connectivity index (χ0n) is 10.2. The minimum atomic E-state index is -0.0319. The molecule has 1 atom stereocenters. The van der Waals surface area contributed by atoms with Crippen molar-refractivity contribution in [3.05, 3.63) is 0 Å². The number of nitrogens with zero attached hydrogens (tertiary/aromatic N) is 1. The molecule has 1 unspecified atom stereocenters. The summed E-state index contributed by atoms with van der Waals surface area (Å²) in [6.07, 6.45) is 6.24. The number of rotatable bonds is 4. The molecule has 1 aliphatic rings. The van der Waals surface area contributed by atoms with Gasteiger partial charge in [0, 0.05) is 6.54 Å². The van der Waals surface area contributed by atoms with Gasteiger partial charge >= 0.3 is 5.97 Å². The maximum absolute atomic E-state index is 11.7. The van der Waals surface area contributed by atoms with Gasteiger partial charge in [0.25, 0.3) is 0 Å². The minimum Gasteiger partial charge on any atom is -0.469 e. The van der Waals surface area contributed by atoms with Crippen molar-refractivity contribution in [3.8, 4) is 0 Å². The van der Waals surface area contributed by atoms with Crippen molar-refractivity contribution in [3.63, 3.8) is 0 Å². The molecule has 0 spiro atoms. The predicted octanol–water partition coefficient (Wildman–Crippen LogP) is 1.92. The summed E-state index contributed by atoms with van der Waals surface area (Å²) in [5.41, 5.74) is 0. The van der Waals surface area contributed by atoms with Gasteiger partial charge in [0.15, 0.2) is 0 Å². The Morgan fingerprint density at radius 1 is 1.33 bits per heavy atom. The van der Waals surface area contributed by atoms with Crippen LogP contribution in [0, 0.1) is 11.8 Å². The zero-order valence-corrected chi connectivity index (χ0v) is 10.2. The molecule has 0 aromatic rings. The van der Waals surface area contributed by atoms with Crippen LogP contribution in [0.3, 0.4) is 0 Å². The van der Waals surface area contributed by atoms with Gasteiger partial charge in [0.2, 0.25) is 0 Å². The first-order valence-electron chi connectivity index (χ1n) is 5.87. The topological polar surface area (TPSA) is 29.5 Å². The molecule has 3 heteroatoms. The molecule has 1 fully saturated rings. The molecule has 0 N–H and O–H groups in total. The molecule has 0 aromatic carbocycles. The van der Waals surface area contributed by atoms with E-state index in [1.165, 1.54) is 39.2 Å². The molecule has 0 aromatic heterocycles. The molecule has 0 bridgehead atoms. The Morgan fingerprint density at radius 3 is 2.40 bits per heavy atom. The van der Waals surface area contributed by atoms with Gasteiger partial charge in [0.1, 0.15) is 0 Å². The Balaban J connectivity index is 2.57. The van der Waals surface area contributed by atoms with Crippen LogP contribution in [-0.4, -0.2) is 38.6 Å². The lowest BCUT2D eigenvalue weighted by molar-refractivity contribution is -0.148. The molecule has 0 saturated heterocycles. The molecule has 0 amide bonds. The Morgan fingerprint density at radius 2 is 1.93 bits per heavy atom. The summed E-state index contributed by atoms with van der Waals surface area (Å²) < 4.78 is 4.90. The third kappa shape index (κ3) is 3.82. The van der Waals surface area contributed by atoms with Gasteiger partial charge in [-0.1, -0.05) is 19.3 Å². The summed E-state index contributed by atoms with van der Waals surface area (Å²) in [5.74, 6) is 0.578. The number of esters is 1. The van der Waals surface area contributed by atoms with Crippen LogP contribution in [0.15, 0.2) is 0 Å². The SMILES string of the molecule is COC(=O)C(CN(C)C)C1CCCCC1. The van der Waals surface area contributed by atoms with Crippen molar-refractivity contribution < 1.29 is 9.53 Å². The van der Waals surface area contributed by atoms with Gasteiger partial charge in [0.05, 0.1) is 13.0 Å². The van der Waals surface area contributed by atoms with Crippen LogP contribution in [0.1, 0.15) is 32.1 Å². The van der Waals surface area contributed by atoms with Gasteiger partial charge in [-0.25, -0.2) is 0 Å². The predicted molar refractivity (Wildman–Crippen MR) is 60.6 cm³/mol. The average molecular weight is 213 g/mol. The highest BCUT2D eigenvalue weighted by Crippen LogP contribution is 2.30. The Kier molecular flexibility index (Phi) is 5.09. The number of ether oxygens (including phenoxy) is 1. The maximum Gasteiger partial charge on any atom is 0.310 e. The van der Waals surface area contributed by atoms with Crippen LogP contribution >= 0.6 is 0 Å². The van der Waals surface area contributed by atoms with Crippen LogP contribution in [0.25, 0.3) is 0 Å². The molecule has 1 saturated carbocycles. The summed E-state index contributed by atoms with van der Waals surface area (Å²) in [7, 11) is 5.52. The standard InChI is InChI=1S/C12H23NO2/c1-13(2)9-11(12(14)15-3)10-7-5-4-6-8-10/h10-11H,4-9H2,1-3H3. The highest BCUT2D eigenvalue weighted by Gasteiger charge is 2.30. The van der Waals surface area contributed by atoms with Crippen molar-refractivity contribution in [1.82, 2.24) is 4.90 Å². The Bertz CT molecular complexity index is 198. The number of hydrogen-bond acceptors (Lipinski definition) is 3. The van der Waals surface area contributed by atoms with Crippen molar-refractivity contribution >= 4 is 5.97 Å². The van der Waals surface area contributed by atoms with Crippen molar-refractivity contribution in [1.29, 1.82) is 0 Å². The van der Waals surface area contributed by atoms with E-state index in [-0.39, 0.29) is 11.9 Å². The lowest BCUT2D eigenvalue weighted by atomic mass is 9.80. The first kappa shape index (κ1) is 12.5.